The highest BCUT2D eigenvalue weighted by molar-refractivity contribution is 7.61. The molecule has 0 aromatic carbocycles. The highest BCUT2D eigenvalue weighted by Crippen LogP contribution is 2.62. The number of carbonyl (C=O) groups is 2. The minimum Gasteiger partial charge on any atom is -0.394 e. The molecular weight excluding hydrogens is 1920 g/mol. The Kier molecular flexibility index (Phi) is 46.7. The summed E-state index contributed by atoms with van der Waals surface area (Å²) < 4.78 is 142. The number of ether oxygens (including phenoxy) is 17. The summed E-state index contributed by atoms with van der Waals surface area (Å²) >= 11 is 0. The zero-order valence-electron chi connectivity index (χ0n) is 77.5. The Labute approximate surface area is 798 Å². The summed E-state index contributed by atoms with van der Waals surface area (Å²) in [6, 6.07) is -4.21. The first-order chi connectivity index (χ1) is 65.6. The van der Waals surface area contributed by atoms with Gasteiger partial charge in [-0.1, -0.05) is 53.5 Å². The Morgan fingerprint density at radius 2 is 0.612 bits per heavy atom. The Morgan fingerprint density at radius 1 is 0.309 bits per heavy atom. The van der Waals surface area contributed by atoms with E-state index in [1.54, 1.807) is 0 Å². The van der Waals surface area contributed by atoms with Crippen molar-refractivity contribution in [2.75, 3.05) is 66.1 Å². The van der Waals surface area contributed by atoms with Gasteiger partial charge in [-0.15, -0.1) is 0 Å². The van der Waals surface area contributed by atoms with Crippen molar-refractivity contribution in [3.05, 3.63) is 46.6 Å². The van der Waals surface area contributed by atoms with Crippen molar-refractivity contribution in [2.45, 2.75) is 389 Å². The third-order valence-corrected chi connectivity index (χ3v) is 27.8. The molecule has 56 heteroatoms. The third kappa shape index (κ3) is 31.1. The number of amides is 2. The highest BCUT2D eigenvalue weighted by Gasteiger charge is 2.62. The molecule has 2 amide bonds. The molecule has 9 aliphatic heterocycles. The molecule has 48 atom stereocenters. The molecule has 0 spiro atoms. The largest absolute Gasteiger partial charge is 0.483 e. The highest BCUT2D eigenvalue weighted by atomic mass is 31.3. The van der Waals surface area contributed by atoms with E-state index in [1.807, 2.05) is 13.8 Å². The van der Waals surface area contributed by atoms with E-state index < -0.39 is 370 Å². The number of carbonyl (C=O) groups excluding carboxylic acids is 2. The molecule has 0 saturated carbocycles. The lowest BCUT2D eigenvalue weighted by Gasteiger charge is -2.51. The molecule has 9 aliphatic rings. The van der Waals surface area contributed by atoms with E-state index in [4.69, 9.17) is 89.6 Å². The standard InChI is InChI=1S/C83H142N2O52P2/c1-32(2)13-9-14-33(3)15-10-16-34(4)17-11-18-35(5)19-12-20-36(6)21-22-119-138(114,115)137-139(116,117)136-76-49(85-38(8)95)58(104)68(46(30-93)127-76)129-75-48(84-37(7)94)57(103)69(45(29-92)126-75)130-80-67(113)71(132-82-74(63(109)54(100)42(26-89)124-82)135-83-73(62(108)53(99)43(27-90)125-83)134-79-65(111)60(106)51(97)40(24-87)122-79)56(102)47(128-80)31-118-77-66(112)70(55(101)44(28-91)120-77)131-81-72(61(107)52(98)41(25-88)123-81)133-78-64(110)59(105)50(96)39(23-86)121-78/h13,15,17,19,36,39-83,86-93,96-113H,9-12,14,16,18,20-31H2,1-8H3,(H,84,94)(H,85,95)(H,114,115)(H,116,117)/b33-15+,34-17+,35-19+/t36?,39-,40-,41-,42-,43-,44-,45-,46-,47-,48-,49-,50-,51-,52-,53-,54-,55-,56-,57-,58-,59+,60+,61+,62+,63+,64+,65+,66+,67+,68-,69-,70+,71+,72+,73+,74+,75+,76-,77+,78-,79-,80+,81-,82-,83-/m1/s1. The average molecular weight is 2060 g/mol. The van der Waals surface area contributed by atoms with Gasteiger partial charge < -0.3 is 234 Å². The molecular formula is C83H142N2O52P2. The number of phosphoric ester groups is 2. The molecule has 9 saturated heterocycles. The lowest BCUT2D eigenvalue weighted by atomic mass is 9.94. The fourth-order valence-electron chi connectivity index (χ4n) is 17.1. The van der Waals surface area contributed by atoms with E-state index in [9.17, 15) is 161 Å². The molecule has 9 heterocycles. The first kappa shape index (κ1) is 119. The summed E-state index contributed by atoms with van der Waals surface area (Å²) in [4.78, 5) is 47.9. The second kappa shape index (κ2) is 54.6. The quantitative estimate of drug-likeness (QED) is 0.0199. The van der Waals surface area contributed by atoms with Gasteiger partial charge in [0.2, 0.25) is 11.8 Å². The van der Waals surface area contributed by atoms with Crippen LogP contribution in [0.15, 0.2) is 46.6 Å². The average Bonchev–Trinajstić information content (AvgIpc) is 0.792. The van der Waals surface area contributed by atoms with Crippen LogP contribution in [0.25, 0.3) is 0 Å². The Hall–Kier alpha value is -3.56. The Bertz CT molecular complexity index is 3960. The molecule has 0 radical (unpaired) electrons. The summed E-state index contributed by atoms with van der Waals surface area (Å²) in [6.07, 6.45) is -79.1. The van der Waals surface area contributed by atoms with Gasteiger partial charge in [0.05, 0.1) is 66.1 Å². The number of phosphoric acid groups is 2. The van der Waals surface area contributed by atoms with Crippen LogP contribution in [-0.4, -0.2) is 497 Å². The molecule has 9 rings (SSSR count). The van der Waals surface area contributed by atoms with Crippen LogP contribution in [0.5, 0.6) is 0 Å². The maximum Gasteiger partial charge on any atom is 0.483 e. The number of aliphatic hydroxyl groups is 26. The first-order valence-electron chi connectivity index (χ1n) is 45.7. The SMILES string of the molecule is CC(=O)N[C@H]1[C@H](O[C@H]2[C@H](O)[C@@H](NC(C)=O)[C@@H](OP(=O)(O)OP(=O)(O)OCCC(C)CC/C=C(\C)CC/C=C(\C)CC/C=C(\C)CCC=C(C)C)O[C@@H]2CO)O[C@H](CO)[C@@H](O[C@@H]2O[C@H](CO[C@H]3O[C@H](CO)[C@@H](O)[C@H](O[C@H]4O[C@H](CO)[C@@H](O)[C@H](O)[C@@H]4O[C@H]4O[C@H](CO)[C@@H](O)[C@H](O)[C@@H]4O)[C@@H]3O)[C@@H](O)[C@H](O[C@H]3O[C@H](CO)[C@@H](O)[C@H](O)[C@@H]3O[C@H]3O[C@H](CO)[C@@H](O)[C@H](O)[C@@H]3O[C@H]3O[C@H](CO)[C@@H](O)[C@H](O)[C@@H]3O)[C@@H]2O)[C@@H]1O. The van der Waals surface area contributed by atoms with Gasteiger partial charge in [-0.2, -0.15) is 4.31 Å². The Balaban J connectivity index is 0.952. The molecule has 30 N–H and O–H groups in total. The predicted molar refractivity (Wildman–Crippen MR) is 457 cm³/mol. The van der Waals surface area contributed by atoms with Crippen molar-refractivity contribution >= 4 is 27.5 Å². The second-order valence-electron chi connectivity index (χ2n) is 36.1. The molecule has 9 fully saturated rings. The lowest BCUT2D eigenvalue weighted by molar-refractivity contribution is -0.408. The van der Waals surface area contributed by atoms with E-state index in [0.717, 1.165) is 57.9 Å². The topological polar surface area (TPSA) is 843 Å². The van der Waals surface area contributed by atoms with Gasteiger partial charge in [0.1, 0.15) is 220 Å². The maximum atomic E-state index is 13.7. The summed E-state index contributed by atoms with van der Waals surface area (Å²) in [7, 11) is -11.5. The van der Waals surface area contributed by atoms with E-state index >= 15 is 0 Å². The van der Waals surface area contributed by atoms with E-state index in [2.05, 4.69) is 66.9 Å². The zero-order valence-corrected chi connectivity index (χ0v) is 79.3. The first-order valence-corrected chi connectivity index (χ1v) is 48.7. The van der Waals surface area contributed by atoms with Gasteiger partial charge in [0.25, 0.3) is 0 Å². The molecule has 0 aromatic heterocycles. The third-order valence-electron chi connectivity index (χ3n) is 25.2. The monoisotopic (exact) mass is 2060 g/mol. The van der Waals surface area contributed by atoms with Gasteiger partial charge in [0, 0.05) is 13.8 Å². The summed E-state index contributed by atoms with van der Waals surface area (Å²) in [6.45, 7) is 3.03. The minimum absolute atomic E-state index is 0.109. The molecule has 806 valence electrons. The molecule has 0 aromatic rings. The second-order valence-corrected chi connectivity index (χ2v) is 39.1. The van der Waals surface area contributed by atoms with E-state index in [0.29, 0.717) is 12.8 Å². The predicted octanol–water partition coefficient (Wildman–Crippen LogP) is -11.1. The number of allylic oxidation sites excluding steroid dienone is 8. The smallest absolute Gasteiger partial charge is 0.394 e. The van der Waals surface area contributed by atoms with E-state index in [1.165, 1.54) is 16.7 Å². The molecule has 54 nitrogen and oxygen atoms in total. The number of aliphatic hydroxyl groups excluding tert-OH is 26. The minimum atomic E-state index is -5.94. The van der Waals surface area contributed by atoms with Crippen LogP contribution in [-0.2, 0) is 113 Å². The van der Waals surface area contributed by atoms with Gasteiger partial charge in [-0.25, -0.2) is 9.13 Å². The number of hydrogen-bond donors (Lipinski definition) is 30. The van der Waals surface area contributed by atoms with Crippen LogP contribution in [0, 0.1) is 5.92 Å². The summed E-state index contributed by atoms with van der Waals surface area (Å²) in [5.74, 6) is -2.17. The molecule has 0 bridgehead atoms. The van der Waals surface area contributed by atoms with Crippen molar-refractivity contribution in [3.8, 4) is 0 Å². The van der Waals surface area contributed by atoms with Crippen LogP contribution in [0.3, 0.4) is 0 Å². The number of nitrogens with one attached hydrogen (secondary N) is 2. The van der Waals surface area contributed by atoms with Crippen LogP contribution in [0.4, 0.5) is 0 Å². The zero-order chi connectivity index (χ0) is 103. The fraction of sp³-hybridized carbons (Fsp3) is 0.880. The van der Waals surface area contributed by atoms with Crippen molar-refractivity contribution in [1.82, 2.24) is 10.6 Å². The Morgan fingerprint density at radius 3 is 1.01 bits per heavy atom. The van der Waals surface area contributed by atoms with Gasteiger partial charge in [-0.3, -0.25) is 18.6 Å². The van der Waals surface area contributed by atoms with Crippen LogP contribution < -0.4 is 10.6 Å². The molecule has 3 unspecified atom stereocenters. The van der Waals surface area contributed by atoms with Gasteiger partial charge in [0.15, 0.2) is 56.6 Å². The van der Waals surface area contributed by atoms with Gasteiger partial charge in [-0.05, 0) is 98.3 Å². The molecule has 0 aliphatic carbocycles. The lowest BCUT2D eigenvalue weighted by Crippen LogP contribution is -2.70. The summed E-state index contributed by atoms with van der Waals surface area (Å²) in [5, 5.41) is 295. The number of rotatable bonds is 47. The van der Waals surface area contributed by atoms with Crippen molar-refractivity contribution in [2.24, 2.45) is 5.92 Å². The van der Waals surface area contributed by atoms with Crippen molar-refractivity contribution in [3.63, 3.8) is 0 Å². The van der Waals surface area contributed by atoms with Crippen molar-refractivity contribution < 1.29 is 255 Å². The maximum absolute atomic E-state index is 13.7. The van der Waals surface area contributed by atoms with Gasteiger partial charge >= 0.3 is 15.6 Å². The normalized spacial score (nSPS) is 43.4. The summed E-state index contributed by atoms with van der Waals surface area (Å²) in [5.41, 5.74) is 5.11. The van der Waals surface area contributed by atoms with E-state index in [-0.39, 0.29) is 12.3 Å². The number of hydrogen-bond acceptors (Lipinski definition) is 50. The van der Waals surface area contributed by atoms with Crippen LogP contribution >= 0.6 is 15.6 Å². The van der Waals surface area contributed by atoms with Crippen molar-refractivity contribution in [1.29, 1.82) is 0 Å². The molecule has 139 heavy (non-hydrogen) atoms. The van der Waals surface area contributed by atoms with Crippen LogP contribution in [0.2, 0.25) is 0 Å². The van der Waals surface area contributed by atoms with Crippen LogP contribution in [0.1, 0.15) is 113 Å². The fourth-order valence-corrected chi connectivity index (χ4v) is 19.3.